The summed E-state index contributed by atoms with van der Waals surface area (Å²) in [5.74, 6) is 1.74. The van der Waals surface area contributed by atoms with E-state index in [1.807, 2.05) is 12.3 Å². The van der Waals surface area contributed by atoms with Crippen LogP contribution in [0.25, 0.3) is 0 Å². The molecule has 1 aliphatic heterocycles. The molecule has 7 heteroatoms. The smallest absolute Gasteiger partial charge is 0.252 e. The van der Waals surface area contributed by atoms with E-state index in [1.165, 1.54) is 11.3 Å². The summed E-state index contributed by atoms with van der Waals surface area (Å²) in [4.78, 5) is 0. The van der Waals surface area contributed by atoms with Gasteiger partial charge in [-0.15, -0.1) is 11.3 Å². The number of nitrogens with two attached hydrogens (primary N) is 1. The first-order valence-electron chi connectivity index (χ1n) is 5.43. The van der Waals surface area contributed by atoms with Gasteiger partial charge in [-0.2, -0.15) is 16.1 Å². The molecular formula is C10H16N2O2S3. The highest BCUT2D eigenvalue weighted by Gasteiger charge is 2.32. The minimum absolute atomic E-state index is 0.0715. The summed E-state index contributed by atoms with van der Waals surface area (Å²) < 4.78 is 26.8. The van der Waals surface area contributed by atoms with Crippen molar-refractivity contribution in [1.29, 1.82) is 0 Å². The first kappa shape index (κ1) is 13.4. The van der Waals surface area contributed by atoms with Gasteiger partial charge in [-0.25, -0.2) is 8.42 Å². The van der Waals surface area contributed by atoms with E-state index < -0.39 is 10.0 Å². The van der Waals surface area contributed by atoms with Gasteiger partial charge in [0.15, 0.2) is 0 Å². The molecule has 0 bridgehead atoms. The lowest BCUT2D eigenvalue weighted by molar-refractivity contribution is 0.368. The number of thiophene rings is 1. The van der Waals surface area contributed by atoms with Crippen molar-refractivity contribution < 1.29 is 8.42 Å². The Morgan fingerprint density at radius 1 is 1.59 bits per heavy atom. The summed E-state index contributed by atoms with van der Waals surface area (Å²) in [6, 6.07) is 1.76. The highest BCUT2D eigenvalue weighted by molar-refractivity contribution is 7.99. The van der Waals surface area contributed by atoms with Gasteiger partial charge in [-0.1, -0.05) is 0 Å². The van der Waals surface area contributed by atoms with E-state index in [2.05, 4.69) is 0 Å². The number of nitrogens with zero attached hydrogens (tertiary/aromatic N) is 1. The quantitative estimate of drug-likeness (QED) is 0.913. The number of hydrogen-bond acceptors (Lipinski definition) is 5. The normalized spacial score (nSPS) is 22.8. The standard InChI is InChI=1S/C10H16N2O2S3/c1-8-6-15-3-2-12(8)17(13,14)10-4-9(5-11)7-16-10/h4,7-8H,2-3,5-6,11H2,1H3. The molecule has 4 nitrogen and oxygen atoms in total. The van der Waals surface area contributed by atoms with Crippen LogP contribution in [-0.4, -0.2) is 36.8 Å². The molecule has 0 saturated carbocycles. The fourth-order valence-corrected chi connectivity index (χ4v) is 5.98. The van der Waals surface area contributed by atoms with Crippen LogP contribution in [0.1, 0.15) is 12.5 Å². The molecule has 2 N–H and O–H groups in total. The van der Waals surface area contributed by atoms with Crippen molar-refractivity contribution in [3.63, 3.8) is 0 Å². The van der Waals surface area contributed by atoms with Crippen LogP contribution < -0.4 is 5.73 Å². The maximum Gasteiger partial charge on any atom is 0.252 e. The van der Waals surface area contributed by atoms with Crippen LogP contribution in [0, 0.1) is 0 Å². The van der Waals surface area contributed by atoms with Crippen molar-refractivity contribution in [3.8, 4) is 0 Å². The van der Waals surface area contributed by atoms with Crippen molar-refractivity contribution in [2.45, 2.75) is 23.7 Å². The molecule has 96 valence electrons. The third kappa shape index (κ3) is 2.68. The van der Waals surface area contributed by atoms with E-state index in [4.69, 9.17) is 5.73 Å². The van der Waals surface area contributed by atoms with E-state index in [1.54, 1.807) is 22.1 Å². The zero-order valence-corrected chi connectivity index (χ0v) is 12.1. The summed E-state index contributed by atoms with van der Waals surface area (Å²) in [6.07, 6.45) is 0. The van der Waals surface area contributed by atoms with Gasteiger partial charge in [0.05, 0.1) is 0 Å². The first-order valence-corrected chi connectivity index (χ1v) is 8.90. The molecule has 2 rings (SSSR count). The van der Waals surface area contributed by atoms with E-state index in [-0.39, 0.29) is 6.04 Å². The molecule has 0 radical (unpaired) electrons. The molecule has 1 aromatic rings. The largest absolute Gasteiger partial charge is 0.326 e. The topological polar surface area (TPSA) is 63.4 Å². The SMILES string of the molecule is CC1CSCCN1S(=O)(=O)c1cc(CN)cs1. The molecular weight excluding hydrogens is 276 g/mol. The average Bonchev–Trinajstić information content (AvgIpc) is 2.78. The lowest BCUT2D eigenvalue weighted by Gasteiger charge is -2.31. The summed E-state index contributed by atoms with van der Waals surface area (Å²) in [5, 5.41) is 1.82. The molecule has 1 fully saturated rings. The fraction of sp³-hybridized carbons (Fsp3) is 0.600. The van der Waals surface area contributed by atoms with Crippen LogP contribution in [-0.2, 0) is 16.6 Å². The molecule has 17 heavy (non-hydrogen) atoms. The highest BCUT2D eigenvalue weighted by Crippen LogP contribution is 2.28. The highest BCUT2D eigenvalue weighted by atomic mass is 32.2. The summed E-state index contributed by atoms with van der Waals surface area (Å²) in [7, 11) is -3.32. The van der Waals surface area contributed by atoms with Gasteiger partial charge in [0.1, 0.15) is 4.21 Å². The molecule has 2 heterocycles. The predicted molar refractivity (Wildman–Crippen MR) is 72.9 cm³/mol. The molecule has 1 aliphatic rings. The van der Waals surface area contributed by atoms with Crippen LogP contribution in [0.4, 0.5) is 0 Å². The first-order chi connectivity index (χ1) is 8.05. The maximum atomic E-state index is 12.4. The second-order valence-corrected chi connectivity index (χ2v) is 8.20. The summed E-state index contributed by atoms with van der Waals surface area (Å²) >= 11 is 3.07. The van der Waals surface area contributed by atoms with Crippen molar-refractivity contribution >= 4 is 33.1 Å². The summed E-state index contributed by atoms with van der Waals surface area (Å²) in [5.41, 5.74) is 6.39. The van der Waals surface area contributed by atoms with Crippen molar-refractivity contribution in [2.75, 3.05) is 18.1 Å². The Morgan fingerprint density at radius 3 is 2.94 bits per heavy atom. The Morgan fingerprint density at radius 2 is 2.35 bits per heavy atom. The number of hydrogen-bond donors (Lipinski definition) is 1. The number of rotatable bonds is 3. The van der Waals surface area contributed by atoms with Crippen molar-refractivity contribution in [2.24, 2.45) is 5.73 Å². The summed E-state index contributed by atoms with van der Waals surface area (Å²) in [6.45, 7) is 2.95. The van der Waals surface area contributed by atoms with Gasteiger partial charge >= 0.3 is 0 Å². The Kier molecular flexibility index (Phi) is 4.14. The van der Waals surface area contributed by atoms with Crippen LogP contribution in [0.2, 0.25) is 0 Å². The van der Waals surface area contributed by atoms with Crippen LogP contribution in [0.3, 0.4) is 0 Å². The van der Waals surface area contributed by atoms with E-state index >= 15 is 0 Å². The van der Waals surface area contributed by atoms with Gasteiger partial charge < -0.3 is 5.73 Å². The second kappa shape index (κ2) is 5.27. The maximum absolute atomic E-state index is 12.4. The van der Waals surface area contributed by atoms with Crippen molar-refractivity contribution in [1.82, 2.24) is 4.31 Å². The Hall–Kier alpha value is -0.0800. The van der Waals surface area contributed by atoms with Gasteiger partial charge in [0, 0.05) is 30.6 Å². The van der Waals surface area contributed by atoms with Gasteiger partial charge in [0.2, 0.25) is 0 Å². The molecule has 0 amide bonds. The molecule has 0 aromatic carbocycles. The molecule has 1 atom stereocenters. The number of thioether (sulfide) groups is 1. The molecule has 1 unspecified atom stereocenters. The Balaban J connectivity index is 2.28. The van der Waals surface area contributed by atoms with E-state index in [9.17, 15) is 8.42 Å². The van der Waals surface area contributed by atoms with Gasteiger partial charge in [-0.3, -0.25) is 0 Å². The lowest BCUT2D eigenvalue weighted by Crippen LogP contribution is -2.44. The van der Waals surface area contributed by atoms with E-state index in [0.717, 1.165) is 17.1 Å². The fourth-order valence-electron chi connectivity index (χ4n) is 1.78. The van der Waals surface area contributed by atoms with Gasteiger partial charge in [0.25, 0.3) is 10.0 Å². The third-order valence-corrected chi connectivity index (χ3v) is 7.40. The molecule has 0 spiro atoms. The Labute approximate surface area is 110 Å². The van der Waals surface area contributed by atoms with Crippen LogP contribution in [0.15, 0.2) is 15.7 Å². The molecule has 1 aromatic heterocycles. The monoisotopic (exact) mass is 292 g/mol. The van der Waals surface area contributed by atoms with E-state index in [0.29, 0.717) is 17.3 Å². The Bertz CT molecular complexity index is 483. The van der Waals surface area contributed by atoms with Crippen molar-refractivity contribution in [3.05, 3.63) is 17.0 Å². The predicted octanol–water partition coefficient (Wildman–Crippen LogP) is 1.33. The minimum atomic E-state index is -3.32. The zero-order chi connectivity index (χ0) is 12.5. The minimum Gasteiger partial charge on any atom is -0.326 e. The molecule has 1 saturated heterocycles. The van der Waals surface area contributed by atoms with Gasteiger partial charge in [-0.05, 0) is 23.9 Å². The number of sulfonamides is 1. The second-order valence-electron chi connectivity index (χ2n) is 4.02. The zero-order valence-electron chi connectivity index (χ0n) is 9.63. The third-order valence-electron chi connectivity index (χ3n) is 2.74. The van der Waals surface area contributed by atoms with Crippen LogP contribution >= 0.6 is 23.1 Å². The lowest BCUT2D eigenvalue weighted by atomic mass is 10.4. The van der Waals surface area contributed by atoms with Crippen LogP contribution in [0.5, 0.6) is 0 Å². The molecule has 0 aliphatic carbocycles. The average molecular weight is 292 g/mol.